The second-order valence-corrected chi connectivity index (χ2v) is 6.57. The molecule has 2 heteroatoms. The summed E-state index contributed by atoms with van der Waals surface area (Å²) in [7, 11) is 0. The molecule has 0 bridgehead atoms. The molecule has 1 nitrogen and oxygen atoms in total. The zero-order chi connectivity index (χ0) is 13.3. The highest BCUT2D eigenvalue weighted by Gasteiger charge is 2.38. The molecule has 0 amide bonds. The average Bonchev–Trinajstić information content (AvgIpc) is 2.30. The Hall–Kier alpha value is -0.530. The van der Waals surface area contributed by atoms with Gasteiger partial charge in [-0.2, -0.15) is 0 Å². The molecule has 100 valence electrons. The molecule has 1 aliphatic rings. The molecule has 0 radical (unpaired) electrons. The molecule has 0 aliphatic heterocycles. The maximum Gasteiger partial charge on any atom is 0.0441 e. The third kappa shape index (κ3) is 2.73. The number of benzene rings is 1. The van der Waals surface area contributed by atoms with Crippen molar-refractivity contribution >= 4 is 11.6 Å². The van der Waals surface area contributed by atoms with Crippen molar-refractivity contribution in [3.8, 4) is 0 Å². The predicted molar refractivity (Wildman–Crippen MR) is 79.0 cm³/mol. The molecule has 1 fully saturated rings. The molecule has 2 N–H and O–H groups in total. The lowest BCUT2D eigenvalue weighted by molar-refractivity contribution is 0.143. The van der Waals surface area contributed by atoms with Gasteiger partial charge in [-0.3, -0.25) is 0 Å². The first-order valence-corrected chi connectivity index (χ1v) is 7.34. The van der Waals surface area contributed by atoms with E-state index in [0.29, 0.717) is 11.8 Å². The molecule has 1 saturated carbocycles. The van der Waals surface area contributed by atoms with Crippen LogP contribution in [0.5, 0.6) is 0 Å². The monoisotopic (exact) mass is 265 g/mol. The molecule has 2 rings (SSSR count). The van der Waals surface area contributed by atoms with Crippen LogP contribution in [0, 0.1) is 18.8 Å². The molecule has 0 spiro atoms. The maximum absolute atomic E-state index is 6.67. The van der Waals surface area contributed by atoms with Gasteiger partial charge in [-0.05, 0) is 48.8 Å². The van der Waals surface area contributed by atoms with Gasteiger partial charge in [0.25, 0.3) is 0 Å². The minimum absolute atomic E-state index is 0.0867. The van der Waals surface area contributed by atoms with Crippen LogP contribution in [0.1, 0.15) is 44.2 Å². The van der Waals surface area contributed by atoms with E-state index in [1.807, 2.05) is 6.07 Å². The lowest BCUT2D eigenvalue weighted by Crippen LogP contribution is -2.52. The standard InChI is InChI=1S/C16H24ClN/c1-11-6-7-14(15(17)9-11)10-16(18)8-4-5-12(2)13(16)3/h6-7,9,12-13H,4-5,8,10,18H2,1-3H3. The minimum Gasteiger partial charge on any atom is -0.325 e. The topological polar surface area (TPSA) is 26.0 Å². The fourth-order valence-corrected chi connectivity index (χ4v) is 3.50. The van der Waals surface area contributed by atoms with E-state index >= 15 is 0 Å². The van der Waals surface area contributed by atoms with E-state index < -0.39 is 0 Å². The quantitative estimate of drug-likeness (QED) is 0.846. The summed E-state index contributed by atoms with van der Waals surface area (Å²) in [5.41, 5.74) is 8.99. The van der Waals surface area contributed by atoms with Crippen molar-refractivity contribution in [3.63, 3.8) is 0 Å². The highest BCUT2D eigenvalue weighted by atomic mass is 35.5. The van der Waals surface area contributed by atoms with E-state index in [-0.39, 0.29) is 5.54 Å². The summed E-state index contributed by atoms with van der Waals surface area (Å²) >= 11 is 6.34. The molecular formula is C16H24ClN. The minimum atomic E-state index is -0.0867. The molecule has 1 aromatic carbocycles. The van der Waals surface area contributed by atoms with E-state index in [4.69, 9.17) is 17.3 Å². The Morgan fingerprint density at radius 2 is 2.11 bits per heavy atom. The lowest BCUT2D eigenvalue weighted by atomic mass is 9.66. The van der Waals surface area contributed by atoms with Crippen molar-refractivity contribution in [1.82, 2.24) is 0 Å². The lowest BCUT2D eigenvalue weighted by Gasteiger charge is -2.43. The highest BCUT2D eigenvalue weighted by Crippen LogP contribution is 2.39. The summed E-state index contributed by atoms with van der Waals surface area (Å²) < 4.78 is 0. The zero-order valence-electron chi connectivity index (χ0n) is 11.7. The van der Waals surface area contributed by atoms with Gasteiger partial charge in [0.2, 0.25) is 0 Å². The Morgan fingerprint density at radius 1 is 1.39 bits per heavy atom. The molecule has 3 unspecified atom stereocenters. The number of hydrogen-bond donors (Lipinski definition) is 1. The molecule has 3 atom stereocenters. The van der Waals surface area contributed by atoms with Gasteiger partial charge in [-0.15, -0.1) is 0 Å². The number of aryl methyl sites for hydroxylation is 1. The first kappa shape index (κ1) is 13.9. The Labute approximate surface area is 116 Å². The van der Waals surface area contributed by atoms with E-state index in [1.165, 1.54) is 24.0 Å². The summed E-state index contributed by atoms with van der Waals surface area (Å²) in [4.78, 5) is 0. The largest absolute Gasteiger partial charge is 0.325 e. The van der Waals surface area contributed by atoms with Gasteiger partial charge < -0.3 is 5.73 Å². The number of rotatable bonds is 2. The molecular weight excluding hydrogens is 242 g/mol. The number of hydrogen-bond acceptors (Lipinski definition) is 1. The normalized spacial score (nSPS) is 32.5. The van der Waals surface area contributed by atoms with Crippen LogP contribution >= 0.6 is 11.6 Å². The van der Waals surface area contributed by atoms with Crippen LogP contribution in [0.15, 0.2) is 18.2 Å². The van der Waals surface area contributed by atoms with Gasteiger partial charge in [-0.1, -0.05) is 50.4 Å². The van der Waals surface area contributed by atoms with Crippen LogP contribution in [0.3, 0.4) is 0 Å². The van der Waals surface area contributed by atoms with Crippen molar-refractivity contribution in [2.24, 2.45) is 17.6 Å². The summed E-state index contributed by atoms with van der Waals surface area (Å²) in [6.45, 7) is 6.69. The average molecular weight is 266 g/mol. The van der Waals surface area contributed by atoms with Crippen molar-refractivity contribution in [3.05, 3.63) is 34.3 Å². The molecule has 1 aliphatic carbocycles. The smallest absolute Gasteiger partial charge is 0.0441 e. The highest BCUT2D eigenvalue weighted by molar-refractivity contribution is 6.31. The molecule has 18 heavy (non-hydrogen) atoms. The van der Waals surface area contributed by atoms with Crippen molar-refractivity contribution < 1.29 is 0 Å². The van der Waals surface area contributed by atoms with E-state index in [2.05, 4.69) is 32.9 Å². The van der Waals surface area contributed by atoms with Gasteiger partial charge >= 0.3 is 0 Å². The maximum atomic E-state index is 6.67. The SMILES string of the molecule is Cc1ccc(CC2(N)CCCC(C)C2C)c(Cl)c1. The Kier molecular flexibility index (Phi) is 4.03. The first-order chi connectivity index (χ1) is 8.42. The van der Waals surface area contributed by atoms with Gasteiger partial charge in [0, 0.05) is 10.6 Å². The third-order valence-corrected chi connectivity index (χ3v) is 5.14. The second-order valence-electron chi connectivity index (χ2n) is 6.16. The van der Waals surface area contributed by atoms with Crippen LogP contribution in [-0.2, 0) is 6.42 Å². The Balaban J connectivity index is 2.21. The van der Waals surface area contributed by atoms with Crippen LogP contribution in [0.4, 0.5) is 0 Å². The third-order valence-electron chi connectivity index (χ3n) is 4.79. The fraction of sp³-hybridized carbons (Fsp3) is 0.625. The number of halogens is 1. The molecule has 1 aromatic rings. The van der Waals surface area contributed by atoms with Gasteiger partial charge in [0.05, 0.1) is 0 Å². The van der Waals surface area contributed by atoms with Crippen molar-refractivity contribution in [2.75, 3.05) is 0 Å². The first-order valence-electron chi connectivity index (χ1n) is 6.96. The van der Waals surface area contributed by atoms with Gasteiger partial charge in [0.1, 0.15) is 0 Å². The van der Waals surface area contributed by atoms with Crippen LogP contribution in [0.25, 0.3) is 0 Å². The van der Waals surface area contributed by atoms with Crippen LogP contribution in [-0.4, -0.2) is 5.54 Å². The summed E-state index contributed by atoms with van der Waals surface area (Å²) in [6, 6.07) is 6.30. The summed E-state index contributed by atoms with van der Waals surface area (Å²) in [5.74, 6) is 1.27. The Morgan fingerprint density at radius 3 is 2.78 bits per heavy atom. The van der Waals surface area contributed by atoms with Crippen molar-refractivity contribution in [1.29, 1.82) is 0 Å². The second kappa shape index (κ2) is 5.22. The van der Waals surface area contributed by atoms with Crippen LogP contribution < -0.4 is 5.73 Å². The zero-order valence-corrected chi connectivity index (χ0v) is 12.4. The van der Waals surface area contributed by atoms with E-state index in [1.54, 1.807) is 0 Å². The number of nitrogens with two attached hydrogens (primary N) is 1. The van der Waals surface area contributed by atoms with Gasteiger partial charge in [-0.25, -0.2) is 0 Å². The molecule has 0 saturated heterocycles. The Bertz CT molecular complexity index is 429. The fourth-order valence-electron chi connectivity index (χ4n) is 3.20. The predicted octanol–water partition coefficient (Wildman–Crippen LogP) is 4.34. The molecule has 0 heterocycles. The van der Waals surface area contributed by atoms with Gasteiger partial charge in [0.15, 0.2) is 0 Å². The van der Waals surface area contributed by atoms with E-state index in [9.17, 15) is 0 Å². The summed E-state index contributed by atoms with van der Waals surface area (Å²) in [6.07, 6.45) is 4.56. The molecule has 0 aromatic heterocycles. The van der Waals surface area contributed by atoms with E-state index in [0.717, 1.165) is 17.9 Å². The summed E-state index contributed by atoms with van der Waals surface area (Å²) in [5, 5.41) is 0.866. The van der Waals surface area contributed by atoms with Crippen molar-refractivity contribution in [2.45, 2.75) is 52.0 Å². The van der Waals surface area contributed by atoms with Crippen LogP contribution in [0.2, 0.25) is 5.02 Å².